The first kappa shape index (κ1) is 23.5. The molecule has 0 spiro atoms. The van der Waals surface area contributed by atoms with E-state index < -0.39 is 23.8 Å². The van der Waals surface area contributed by atoms with Gasteiger partial charge in [0.15, 0.2) is 0 Å². The van der Waals surface area contributed by atoms with Crippen molar-refractivity contribution in [2.24, 2.45) is 0 Å². The number of carbonyl (C=O) groups excluding carboxylic acids is 2. The molecule has 2 aromatic carbocycles. The van der Waals surface area contributed by atoms with Gasteiger partial charge in [0.2, 0.25) is 18.2 Å². The fourth-order valence-electron chi connectivity index (χ4n) is 4.46. The van der Waals surface area contributed by atoms with Crippen LogP contribution in [0.15, 0.2) is 24.3 Å². The lowest BCUT2D eigenvalue weighted by atomic mass is 10.0. The Morgan fingerprint density at radius 1 is 0.800 bits per heavy atom. The Hall–Kier alpha value is -1.12. The van der Waals surface area contributed by atoms with Gasteiger partial charge in [0.25, 0.3) is 0 Å². The maximum Gasteiger partial charge on any atom is 0.232 e. The number of hydrogen-bond acceptors (Lipinski definition) is 3. The quantitative estimate of drug-likeness (QED) is 0.401. The normalized spacial score (nSPS) is 16.9. The second-order valence-electron chi connectivity index (χ2n) is 8.08. The number of rotatable bonds is 5. The van der Waals surface area contributed by atoms with Crippen molar-refractivity contribution in [2.75, 3.05) is 0 Å². The van der Waals surface area contributed by atoms with E-state index in [1.165, 1.54) is 12.1 Å². The van der Waals surface area contributed by atoms with Crippen LogP contribution in [0.2, 0.25) is 15.1 Å². The molecule has 3 nitrogen and oxygen atoms in total. The maximum atomic E-state index is 14.5. The zero-order valence-electron chi connectivity index (χ0n) is 17.2. The van der Waals surface area contributed by atoms with Crippen molar-refractivity contribution in [1.29, 1.82) is 0 Å². The molecular weight excluding hydrogens is 462 g/mol. The molecule has 2 aromatic rings. The van der Waals surface area contributed by atoms with Crippen molar-refractivity contribution in [3.8, 4) is 0 Å². The summed E-state index contributed by atoms with van der Waals surface area (Å²) in [6.07, 6.45) is 3.82. The van der Waals surface area contributed by atoms with Crippen LogP contribution >= 0.6 is 41.9 Å². The second-order valence-corrected chi connectivity index (χ2v) is 12.2. The molecule has 1 atom stereocenters. The minimum absolute atomic E-state index is 0.0127. The van der Waals surface area contributed by atoms with Crippen LogP contribution in [0.1, 0.15) is 69.5 Å². The van der Waals surface area contributed by atoms with Crippen LogP contribution in [0.25, 0.3) is 0 Å². The summed E-state index contributed by atoms with van der Waals surface area (Å²) < 4.78 is 14.5. The topological polar surface area (TPSA) is 51.2 Å². The molecule has 30 heavy (non-hydrogen) atoms. The molecule has 0 heterocycles. The van der Waals surface area contributed by atoms with Gasteiger partial charge in [-0.05, 0) is 56.9 Å². The molecule has 160 valence electrons. The number of halogens is 3. The van der Waals surface area contributed by atoms with Gasteiger partial charge in [0.05, 0.1) is 15.6 Å². The lowest BCUT2D eigenvalue weighted by Gasteiger charge is -2.30. The Morgan fingerprint density at radius 3 is 1.77 bits per heavy atom. The Balaban J connectivity index is 2.22. The summed E-state index contributed by atoms with van der Waals surface area (Å²) in [7, 11) is -4.05. The van der Waals surface area contributed by atoms with Gasteiger partial charge in [-0.3, -0.25) is 9.59 Å². The Labute approximate surface area is 192 Å². The van der Waals surface area contributed by atoms with Gasteiger partial charge in [-0.1, -0.05) is 71.8 Å². The minimum Gasteiger partial charge on any atom is -0.306 e. The molecule has 0 amide bonds. The van der Waals surface area contributed by atoms with Gasteiger partial charge in [-0.2, -0.15) is 0 Å². The Morgan fingerprint density at radius 2 is 1.27 bits per heavy atom. The molecule has 7 heteroatoms. The lowest BCUT2D eigenvalue weighted by Crippen LogP contribution is -2.25. The molecule has 0 bridgehead atoms. The third kappa shape index (κ3) is 4.28. The van der Waals surface area contributed by atoms with E-state index in [2.05, 4.69) is 0 Å². The summed E-state index contributed by atoms with van der Waals surface area (Å²) in [5, 5.41) is 0.294. The third-order valence-corrected chi connectivity index (χ3v) is 9.82. The highest BCUT2D eigenvalue weighted by Crippen LogP contribution is 2.61. The summed E-state index contributed by atoms with van der Waals surface area (Å²) in [5.74, 6) is 0. The summed E-state index contributed by atoms with van der Waals surface area (Å²) in [4.78, 5) is 27.6. The van der Waals surface area contributed by atoms with Crippen LogP contribution in [0.4, 0.5) is 0 Å². The molecule has 1 aliphatic carbocycles. The van der Waals surface area contributed by atoms with E-state index in [9.17, 15) is 14.2 Å². The molecular formula is C23H24Cl3O3P. The predicted molar refractivity (Wildman–Crippen MR) is 125 cm³/mol. The van der Waals surface area contributed by atoms with Crippen LogP contribution in [-0.2, 0) is 4.57 Å². The van der Waals surface area contributed by atoms with Gasteiger partial charge in [0.1, 0.15) is 0 Å². The van der Waals surface area contributed by atoms with Gasteiger partial charge in [-0.15, -0.1) is 0 Å². The maximum absolute atomic E-state index is 14.5. The van der Waals surface area contributed by atoms with Crippen LogP contribution in [0.5, 0.6) is 0 Å². The summed E-state index contributed by atoms with van der Waals surface area (Å²) in [6, 6.07) is 6.52. The molecule has 0 saturated heterocycles. The van der Waals surface area contributed by atoms with Crippen LogP contribution < -0.4 is 0 Å². The standard InChI is InChI=1S/C23H24Cl3O3P/c1-13-9-14(2)20(15(3)10-13)22(27)30(29,17-7-5-4-6-8-17)23(28)21-18(25)11-16(24)12-19(21)26/h9-12,17H,4-8H2,1-3H3. The number of hydrogen-bond donors (Lipinski definition) is 0. The highest BCUT2D eigenvalue weighted by Gasteiger charge is 2.49. The van der Waals surface area contributed by atoms with Crippen molar-refractivity contribution >= 4 is 53.0 Å². The van der Waals surface area contributed by atoms with E-state index in [0.717, 1.165) is 36.0 Å². The molecule has 0 aromatic heterocycles. The Bertz CT molecular complexity index is 952. The molecule has 1 saturated carbocycles. The van der Waals surface area contributed by atoms with E-state index in [0.29, 0.717) is 18.4 Å². The molecule has 1 unspecified atom stereocenters. The second kappa shape index (κ2) is 9.17. The van der Waals surface area contributed by atoms with Crippen molar-refractivity contribution < 1.29 is 14.2 Å². The van der Waals surface area contributed by atoms with Crippen molar-refractivity contribution in [1.82, 2.24) is 0 Å². The zero-order chi connectivity index (χ0) is 22.2. The van der Waals surface area contributed by atoms with E-state index in [-0.39, 0.29) is 20.6 Å². The zero-order valence-corrected chi connectivity index (χ0v) is 20.4. The van der Waals surface area contributed by atoms with Crippen molar-refractivity contribution in [2.45, 2.75) is 58.5 Å². The lowest BCUT2D eigenvalue weighted by molar-refractivity contribution is 0.103. The van der Waals surface area contributed by atoms with Crippen LogP contribution in [0, 0.1) is 20.8 Å². The first-order valence-electron chi connectivity index (χ1n) is 9.99. The van der Waals surface area contributed by atoms with Crippen LogP contribution in [0.3, 0.4) is 0 Å². The Kier molecular flexibility index (Phi) is 7.19. The highest BCUT2D eigenvalue weighted by molar-refractivity contribution is 7.96. The number of benzene rings is 2. The molecule has 1 fully saturated rings. The van der Waals surface area contributed by atoms with Gasteiger partial charge in [0, 0.05) is 16.2 Å². The van der Waals surface area contributed by atoms with Gasteiger partial charge in [-0.25, -0.2) is 0 Å². The van der Waals surface area contributed by atoms with E-state index in [1.807, 2.05) is 32.9 Å². The van der Waals surface area contributed by atoms with Gasteiger partial charge >= 0.3 is 0 Å². The van der Waals surface area contributed by atoms with Crippen molar-refractivity contribution in [3.05, 3.63) is 67.2 Å². The SMILES string of the molecule is Cc1cc(C)c(C(=O)P(=O)(C(=O)c2c(Cl)cc(Cl)cc2Cl)C2CCCCC2)c(C)c1. The van der Waals surface area contributed by atoms with E-state index in [4.69, 9.17) is 34.8 Å². The molecule has 0 N–H and O–H groups in total. The average Bonchev–Trinajstić information content (AvgIpc) is 2.66. The predicted octanol–water partition coefficient (Wildman–Crippen LogP) is 8.25. The first-order chi connectivity index (χ1) is 14.1. The smallest absolute Gasteiger partial charge is 0.232 e. The molecule has 0 radical (unpaired) electrons. The number of aryl methyl sites for hydroxylation is 3. The fourth-order valence-corrected chi connectivity index (χ4v) is 8.78. The summed E-state index contributed by atoms with van der Waals surface area (Å²) >= 11 is 18.6. The monoisotopic (exact) mass is 484 g/mol. The largest absolute Gasteiger partial charge is 0.306 e. The van der Waals surface area contributed by atoms with Crippen LogP contribution in [-0.4, -0.2) is 16.7 Å². The third-order valence-electron chi connectivity index (χ3n) is 5.80. The van der Waals surface area contributed by atoms with E-state index in [1.54, 1.807) is 0 Å². The summed E-state index contributed by atoms with van der Waals surface area (Å²) in [5.41, 5.74) is 0.876. The molecule has 1 aliphatic rings. The minimum atomic E-state index is -4.05. The van der Waals surface area contributed by atoms with Gasteiger partial charge < -0.3 is 4.57 Å². The highest BCUT2D eigenvalue weighted by atomic mass is 35.5. The average molecular weight is 486 g/mol. The van der Waals surface area contributed by atoms with E-state index >= 15 is 0 Å². The number of carbonyl (C=O) groups is 2. The van der Waals surface area contributed by atoms with Crippen molar-refractivity contribution in [3.63, 3.8) is 0 Å². The summed E-state index contributed by atoms with van der Waals surface area (Å²) in [6.45, 7) is 5.56. The first-order valence-corrected chi connectivity index (χ1v) is 12.9. The molecule has 0 aliphatic heterocycles. The fraction of sp³-hybridized carbons (Fsp3) is 0.391. The molecule has 3 rings (SSSR count).